The standard InChI is InChI=1S/C9H18N4O2/c10-8(14)6-12-5-7-1-3-13(4-2-7)9(11)15/h7,12H,1-6H2,(H2,10,14)(H2,11,15). The third-order valence-corrected chi connectivity index (χ3v) is 2.66. The largest absolute Gasteiger partial charge is 0.369 e. The first-order valence-electron chi connectivity index (χ1n) is 5.13. The molecule has 1 saturated heterocycles. The first-order chi connectivity index (χ1) is 7.09. The Bertz CT molecular complexity index is 234. The van der Waals surface area contributed by atoms with E-state index in [0.717, 1.165) is 19.4 Å². The van der Waals surface area contributed by atoms with E-state index in [1.807, 2.05) is 0 Å². The van der Waals surface area contributed by atoms with Gasteiger partial charge in [0.1, 0.15) is 0 Å². The number of hydrogen-bond donors (Lipinski definition) is 3. The molecule has 0 aromatic heterocycles. The Kier molecular flexibility index (Phi) is 4.36. The zero-order valence-corrected chi connectivity index (χ0v) is 8.74. The summed E-state index contributed by atoms with van der Waals surface area (Å²) in [6.07, 6.45) is 1.85. The van der Waals surface area contributed by atoms with Crippen LogP contribution >= 0.6 is 0 Å². The Morgan fingerprint density at radius 2 is 1.87 bits per heavy atom. The molecule has 5 N–H and O–H groups in total. The SMILES string of the molecule is NC(=O)CNCC1CCN(C(N)=O)CC1. The van der Waals surface area contributed by atoms with Crippen LogP contribution in [0.2, 0.25) is 0 Å². The van der Waals surface area contributed by atoms with Crippen LogP contribution in [0.3, 0.4) is 0 Å². The number of likely N-dealkylation sites (tertiary alicyclic amines) is 1. The molecule has 1 rings (SSSR count). The molecule has 1 aliphatic heterocycles. The van der Waals surface area contributed by atoms with Crippen molar-refractivity contribution in [3.8, 4) is 0 Å². The average molecular weight is 214 g/mol. The number of amides is 3. The van der Waals surface area contributed by atoms with Gasteiger partial charge in [0.15, 0.2) is 0 Å². The molecule has 0 aromatic carbocycles. The third kappa shape index (κ3) is 4.16. The maximum atomic E-state index is 10.8. The van der Waals surface area contributed by atoms with Crippen molar-refractivity contribution < 1.29 is 9.59 Å². The lowest BCUT2D eigenvalue weighted by atomic mass is 9.97. The number of primary amides is 2. The molecule has 0 radical (unpaired) electrons. The van der Waals surface area contributed by atoms with E-state index in [0.29, 0.717) is 19.0 Å². The average Bonchev–Trinajstić information content (AvgIpc) is 2.18. The fourth-order valence-electron chi connectivity index (χ4n) is 1.76. The molecule has 0 saturated carbocycles. The van der Waals surface area contributed by atoms with Crippen molar-refractivity contribution in [3.05, 3.63) is 0 Å². The second-order valence-corrected chi connectivity index (χ2v) is 3.87. The first kappa shape index (κ1) is 11.8. The minimum atomic E-state index is -0.349. The molecule has 0 aliphatic carbocycles. The monoisotopic (exact) mass is 214 g/mol. The molecule has 6 nitrogen and oxygen atoms in total. The van der Waals surface area contributed by atoms with Gasteiger partial charge in [0.25, 0.3) is 0 Å². The number of carbonyl (C=O) groups excluding carboxylic acids is 2. The van der Waals surface area contributed by atoms with Crippen molar-refractivity contribution in [2.75, 3.05) is 26.2 Å². The van der Waals surface area contributed by atoms with Gasteiger partial charge in [0, 0.05) is 13.1 Å². The maximum Gasteiger partial charge on any atom is 0.314 e. The molecule has 0 bridgehead atoms. The molecule has 0 spiro atoms. The van der Waals surface area contributed by atoms with Crippen LogP contribution in [0.4, 0.5) is 4.79 Å². The van der Waals surface area contributed by atoms with Gasteiger partial charge in [-0.25, -0.2) is 4.79 Å². The summed E-state index contributed by atoms with van der Waals surface area (Å²) in [5.41, 5.74) is 10.2. The Morgan fingerprint density at radius 3 is 2.33 bits per heavy atom. The lowest BCUT2D eigenvalue weighted by Gasteiger charge is -2.30. The number of carbonyl (C=O) groups is 2. The molecular formula is C9H18N4O2. The number of piperidine rings is 1. The summed E-state index contributed by atoms with van der Waals surface area (Å²) >= 11 is 0. The number of hydrogen-bond acceptors (Lipinski definition) is 3. The van der Waals surface area contributed by atoms with Gasteiger partial charge in [-0.1, -0.05) is 0 Å². The van der Waals surface area contributed by atoms with Crippen LogP contribution in [-0.2, 0) is 4.79 Å². The van der Waals surface area contributed by atoms with Crippen LogP contribution in [0, 0.1) is 5.92 Å². The maximum absolute atomic E-state index is 10.8. The zero-order valence-electron chi connectivity index (χ0n) is 8.74. The zero-order chi connectivity index (χ0) is 11.3. The third-order valence-electron chi connectivity index (χ3n) is 2.66. The summed E-state index contributed by atoms with van der Waals surface area (Å²) in [4.78, 5) is 23.0. The molecule has 0 atom stereocenters. The van der Waals surface area contributed by atoms with Gasteiger partial charge in [-0.15, -0.1) is 0 Å². The van der Waals surface area contributed by atoms with Crippen LogP contribution in [0.15, 0.2) is 0 Å². The summed E-state index contributed by atoms with van der Waals surface area (Å²) in [6.45, 7) is 2.40. The fourth-order valence-corrected chi connectivity index (χ4v) is 1.76. The van der Waals surface area contributed by atoms with E-state index >= 15 is 0 Å². The Morgan fingerprint density at radius 1 is 1.27 bits per heavy atom. The van der Waals surface area contributed by atoms with E-state index in [2.05, 4.69) is 5.32 Å². The minimum Gasteiger partial charge on any atom is -0.369 e. The highest BCUT2D eigenvalue weighted by Crippen LogP contribution is 2.15. The van der Waals surface area contributed by atoms with Gasteiger partial charge in [0.2, 0.25) is 5.91 Å². The molecule has 6 heteroatoms. The van der Waals surface area contributed by atoms with Crippen molar-refractivity contribution >= 4 is 11.9 Å². The molecule has 1 fully saturated rings. The molecule has 0 unspecified atom stereocenters. The number of urea groups is 1. The predicted octanol–water partition coefficient (Wildman–Crippen LogP) is -1.15. The molecule has 86 valence electrons. The quantitative estimate of drug-likeness (QED) is 0.551. The summed E-state index contributed by atoms with van der Waals surface area (Å²) in [6, 6.07) is -0.349. The molecule has 1 heterocycles. The van der Waals surface area contributed by atoms with Crippen molar-refractivity contribution in [2.24, 2.45) is 17.4 Å². The smallest absolute Gasteiger partial charge is 0.314 e. The van der Waals surface area contributed by atoms with E-state index in [4.69, 9.17) is 11.5 Å². The summed E-state index contributed by atoms with van der Waals surface area (Å²) in [5, 5.41) is 2.99. The lowest BCUT2D eigenvalue weighted by Crippen LogP contribution is -2.43. The Balaban J connectivity index is 2.14. The minimum absolute atomic E-state index is 0.218. The highest BCUT2D eigenvalue weighted by molar-refractivity contribution is 5.75. The highest BCUT2D eigenvalue weighted by atomic mass is 16.2. The number of nitrogens with two attached hydrogens (primary N) is 2. The van der Waals surface area contributed by atoms with Crippen molar-refractivity contribution in [1.29, 1.82) is 0 Å². The normalized spacial score (nSPS) is 17.7. The number of nitrogens with zero attached hydrogens (tertiary/aromatic N) is 1. The topological polar surface area (TPSA) is 101 Å². The van der Waals surface area contributed by atoms with Gasteiger partial charge in [0.05, 0.1) is 6.54 Å². The van der Waals surface area contributed by atoms with Gasteiger partial charge < -0.3 is 21.7 Å². The molecular weight excluding hydrogens is 196 g/mol. The molecule has 15 heavy (non-hydrogen) atoms. The van der Waals surface area contributed by atoms with Crippen LogP contribution in [0.25, 0.3) is 0 Å². The second-order valence-electron chi connectivity index (χ2n) is 3.87. The van der Waals surface area contributed by atoms with E-state index in [1.54, 1.807) is 4.90 Å². The van der Waals surface area contributed by atoms with Crippen molar-refractivity contribution in [2.45, 2.75) is 12.8 Å². The van der Waals surface area contributed by atoms with E-state index < -0.39 is 0 Å². The summed E-state index contributed by atoms with van der Waals surface area (Å²) < 4.78 is 0. The molecule has 1 aliphatic rings. The van der Waals surface area contributed by atoms with Crippen molar-refractivity contribution in [1.82, 2.24) is 10.2 Å². The van der Waals surface area contributed by atoms with Crippen LogP contribution < -0.4 is 16.8 Å². The lowest BCUT2D eigenvalue weighted by molar-refractivity contribution is -0.117. The molecule has 3 amide bonds. The predicted molar refractivity (Wildman–Crippen MR) is 55.9 cm³/mol. The second kappa shape index (κ2) is 5.55. The Labute approximate surface area is 89.0 Å². The van der Waals surface area contributed by atoms with Crippen LogP contribution in [0.1, 0.15) is 12.8 Å². The first-order valence-corrected chi connectivity index (χ1v) is 5.13. The molecule has 0 aromatic rings. The van der Waals surface area contributed by atoms with E-state index in [9.17, 15) is 9.59 Å². The van der Waals surface area contributed by atoms with E-state index in [-0.39, 0.29) is 18.5 Å². The summed E-state index contributed by atoms with van der Waals surface area (Å²) in [5.74, 6) is 0.157. The van der Waals surface area contributed by atoms with Gasteiger partial charge in [-0.3, -0.25) is 4.79 Å². The Hall–Kier alpha value is -1.30. The number of nitrogens with one attached hydrogen (secondary N) is 1. The van der Waals surface area contributed by atoms with Crippen LogP contribution in [-0.4, -0.2) is 43.0 Å². The van der Waals surface area contributed by atoms with Gasteiger partial charge in [-0.05, 0) is 25.3 Å². The van der Waals surface area contributed by atoms with Crippen LogP contribution in [0.5, 0.6) is 0 Å². The highest BCUT2D eigenvalue weighted by Gasteiger charge is 2.20. The number of rotatable bonds is 4. The van der Waals surface area contributed by atoms with Crippen molar-refractivity contribution in [3.63, 3.8) is 0 Å². The van der Waals surface area contributed by atoms with E-state index in [1.165, 1.54) is 0 Å². The summed E-state index contributed by atoms with van der Waals surface area (Å²) in [7, 11) is 0. The van der Waals surface area contributed by atoms with Gasteiger partial charge in [-0.2, -0.15) is 0 Å². The van der Waals surface area contributed by atoms with Gasteiger partial charge >= 0.3 is 6.03 Å². The fraction of sp³-hybridized carbons (Fsp3) is 0.778.